The smallest absolute Gasteiger partial charge is 0.345 e. The van der Waals surface area contributed by atoms with Crippen LogP contribution in [0.4, 0.5) is 0 Å². The van der Waals surface area contributed by atoms with Crippen molar-refractivity contribution in [2.75, 3.05) is 7.11 Å². The van der Waals surface area contributed by atoms with Gasteiger partial charge in [0.15, 0.2) is 5.65 Å². The van der Waals surface area contributed by atoms with Gasteiger partial charge in [0.25, 0.3) is 5.56 Å². The van der Waals surface area contributed by atoms with Crippen LogP contribution in [0.5, 0.6) is 5.75 Å². The molecule has 0 unspecified atom stereocenters. The molecule has 0 fully saturated rings. The summed E-state index contributed by atoms with van der Waals surface area (Å²) in [6.07, 6.45) is 0. The number of aromatic nitrogens is 3. The molecule has 0 aliphatic carbocycles. The lowest BCUT2D eigenvalue weighted by molar-refractivity contribution is 0.415. The van der Waals surface area contributed by atoms with Crippen LogP contribution in [-0.4, -0.2) is 22.1 Å². The van der Waals surface area contributed by atoms with Crippen LogP contribution in [0.3, 0.4) is 0 Å². The number of hydrogen-bond donors (Lipinski definition) is 1. The number of methoxy groups -OCH3 is 1. The van der Waals surface area contributed by atoms with Gasteiger partial charge >= 0.3 is 5.63 Å². The number of rotatable bonds is 3. The Morgan fingerprint density at radius 3 is 2.48 bits per heavy atom. The van der Waals surface area contributed by atoms with Gasteiger partial charge in [-0.15, -0.1) is 0 Å². The summed E-state index contributed by atoms with van der Waals surface area (Å²) in [7, 11) is 1.59. The van der Waals surface area contributed by atoms with Crippen molar-refractivity contribution in [1.29, 1.82) is 0 Å². The maximum absolute atomic E-state index is 12.8. The van der Waals surface area contributed by atoms with Crippen molar-refractivity contribution in [3.8, 4) is 28.1 Å². The van der Waals surface area contributed by atoms with E-state index in [0.29, 0.717) is 39.4 Å². The van der Waals surface area contributed by atoms with Gasteiger partial charge in [0, 0.05) is 10.9 Å². The molecule has 0 saturated carbocycles. The Bertz CT molecular complexity index is 1570. The highest BCUT2D eigenvalue weighted by Crippen LogP contribution is 2.30. The number of pyridine rings is 1. The van der Waals surface area contributed by atoms with Crippen molar-refractivity contribution in [3.63, 3.8) is 0 Å². The van der Waals surface area contributed by atoms with E-state index in [0.717, 1.165) is 10.9 Å². The second-order valence-electron chi connectivity index (χ2n) is 7.12. The summed E-state index contributed by atoms with van der Waals surface area (Å²) in [6, 6.07) is 18.0. The molecule has 3 aromatic heterocycles. The molecule has 1 N–H and O–H groups in total. The van der Waals surface area contributed by atoms with Gasteiger partial charge in [-0.05, 0) is 42.8 Å². The van der Waals surface area contributed by atoms with E-state index in [1.54, 1.807) is 38.3 Å². The Morgan fingerprint density at radius 2 is 1.71 bits per heavy atom. The van der Waals surface area contributed by atoms with E-state index in [-0.39, 0.29) is 11.2 Å². The topological polar surface area (TPSA) is 98.1 Å². The predicted octanol–water partition coefficient (Wildman–Crippen LogP) is 4.08. The second-order valence-corrected chi connectivity index (χ2v) is 7.12. The summed E-state index contributed by atoms with van der Waals surface area (Å²) in [6.45, 7) is 1.69. The SMILES string of the molecule is COc1ccc(-c2cc(-c3cc4ccccc4oc3=O)nc3nc(C)[nH]c(=O)c23)cc1. The van der Waals surface area contributed by atoms with E-state index < -0.39 is 5.63 Å². The Morgan fingerprint density at radius 1 is 0.935 bits per heavy atom. The standard InChI is InChI=1S/C24H17N3O4/c1-13-25-22-21(23(28)26-13)17(14-7-9-16(30-2)10-8-14)12-19(27-22)18-11-15-5-3-4-6-20(15)31-24(18)29/h3-12H,1-2H3,(H,25,26,27,28). The molecule has 0 saturated heterocycles. The summed E-state index contributed by atoms with van der Waals surface area (Å²) >= 11 is 0. The minimum atomic E-state index is -0.507. The quantitative estimate of drug-likeness (QED) is 0.449. The first-order chi connectivity index (χ1) is 15.0. The average Bonchev–Trinajstić information content (AvgIpc) is 2.77. The normalized spacial score (nSPS) is 11.2. The predicted molar refractivity (Wildman–Crippen MR) is 118 cm³/mol. The zero-order valence-corrected chi connectivity index (χ0v) is 16.8. The van der Waals surface area contributed by atoms with Crippen LogP contribution in [0.2, 0.25) is 0 Å². The fraction of sp³-hybridized carbons (Fsp3) is 0.0833. The van der Waals surface area contributed by atoms with Gasteiger partial charge in [0.2, 0.25) is 0 Å². The zero-order valence-electron chi connectivity index (χ0n) is 16.8. The number of aryl methyl sites for hydroxylation is 1. The average molecular weight is 411 g/mol. The van der Waals surface area contributed by atoms with Crippen molar-refractivity contribution in [3.05, 3.63) is 87.3 Å². The van der Waals surface area contributed by atoms with Gasteiger partial charge in [0.1, 0.15) is 17.2 Å². The molecule has 0 spiro atoms. The third-order valence-corrected chi connectivity index (χ3v) is 5.11. The Balaban J connectivity index is 1.83. The lowest BCUT2D eigenvalue weighted by Crippen LogP contribution is -2.13. The van der Waals surface area contributed by atoms with Gasteiger partial charge < -0.3 is 14.1 Å². The summed E-state index contributed by atoms with van der Waals surface area (Å²) in [5.41, 5.74) is 2.03. The molecule has 0 aliphatic rings. The van der Waals surface area contributed by atoms with Crippen LogP contribution in [0.25, 0.3) is 44.4 Å². The highest BCUT2D eigenvalue weighted by atomic mass is 16.5. The number of H-pyrrole nitrogens is 1. The number of benzene rings is 2. The molecule has 2 aromatic carbocycles. The summed E-state index contributed by atoms with van der Waals surface area (Å²) in [5.74, 6) is 1.13. The van der Waals surface area contributed by atoms with Gasteiger partial charge in [-0.2, -0.15) is 0 Å². The number of aromatic amines is 1. The molecule has 0 bridgehead atoms. The number of hydrogen-bond acceptors (Lipinski definition) is 6. The third-order valence-electron chi connectivity index (χ3n) is 5.11. The molecular formula is C24H17N3O4. The minimum Gasteiger partial charge on any atom is -0.497 e. The van der Waals surface area contributed by atoms with Gasteiger partial charge in [-0.1, -0.05) is 30.3 Å². The van der Waals surface area contributed by atoms with Crippen molar-refractivity contribution in [2.24, 2.45) is 0 Å². The Hall–Kier alpha value is -4.26. The maximum Gasteiger partial charge on any atom is 0.345 e. The van der Waals surface area contributed by atoms with Gasteiger partial charge in [-0.3, -0.25) is 4.79 Å². The van der Waals surface area contributed by atoms with Gasteiger partial charge in [0.05, 0.1) is 23.8 Å². The van der Waals surface area contributed by atoms with Crippen molar-refractivity contribution >= 4 is 22.0 Å². The first-order valence-electron chi connectivity index (χ1n) is 9.63. The molecule has 5 rings (SSSR count). The van der Waals surface area contributed by atoms with Crippen LogP contribution >= 0.6 is 0 Å². The monoisotopic (exact) mass is 411 g/mol. The molecule has 31 heavy (non-hydrogen) atoms. The highest BCUT2D eigenvalue weighted by molar-refractivity contribution is 5.95. The van der Waals surface area contributed by atoms with E-state index in [1.165, 1.54) is 0 Å². The number of fused-ring (bicyclic) bond motifs is 2. The molecule has 0 atom stereocenters. The lowest BCUT2D eigenvalue weighted by Gasteiger charge is -2.10. The molecule has 7 heteroatoms. The van der Waals surface area contributed by atoms with E-state index in [1.807, 2.05) is 36.4 Å². The molecule has 0 radical (unpaired) electrons. The van der Waals surface area contributed by atoms with Crippen LogP contribution in [-0.2, 0) is 0 Å². The molecule has 3 heterocycles. The fourth-order valence-corrected chi connectivity index (χ4v) is 3.63. The van der Waals surface area contributed by atoms with Crippen LogP contribution < -0.4 is 15.9 Å². The first kappa shape index (κ1) is 18.7. The van der Waals surface area contributed by atoms with E-state index in [9.17, 15) is 9.59 Å². The Kier molecular flexibility index (Phi) is 4.36. The largest absolute Gasteiger partial charge is 0.497 e. The maximum atomic E-state index is 12.8. The molecule has 0 aliphatic heterocycles. The van der Waals surface area contributed by atoms with Crippen molar-refractivity contribution < 1.29 is 9.15 Å². The van der Waals surface area contributed by atoms with Crippen molar-refractivity contribution in [1.82, 2.24) is 15.0 Å². The second kappa shape index (κ2) is 7.21. The molecule has 0 amide bonds. The number of nitrogens with zero attached hydrogens (tertiary/aromatic N) is 2. The van der Waals surface area contributed by atoms with E-state index in [2.05, 4.69) is 15.0 Å². The number of ether oxygens (including phenoxy) is 1. The number of nitrogens with one attached hydrogen (secondary N) is 1. The molecule has 152 valence electrons. The summed E-state index contributed by atoms with van der Waals surface area (Å²) in [5, 5.41) is 1.13. The molecular weight excluding hydrogens is 394 g/mol. The first-order valence-corrected chi connectivity index (χ1v) is 9.63. The van der Waals surface area contributed by atoms with Crippen LogP contribution in [0.1, 0.15) is 5.82 Å². The zero-order chi connectivity index (χ0) is 21.5. The van der Waals surface area contributed by atoms with Crippen LogP contribution in [0, 0.1) is 6.92 Å². The fourth-order valence-electron chi connectivity index (χ4n) is 3.63. The Labute approximate surface area is 176 Å². The minimum absolute atomic E-state index is 0.261. The van der Waals surface area contributed by atoms with Crippen LogP contribution in [0.15, 0.2) is 74.7 Å². The van der Waals surface area contributed by atoms with Crippen molar-refractivity contribution in [2.45, 2.75) is 6.92 Å². The third kappa shape index (κ3) is 3.26. The van der Waals surface area contributed by atoms with Gasteiger partial charge in [-0.25, -0.2) is 14.8 Å². The van der Waals surface area contributed by atoms with E-state index >= 15 is 0 Å². The molecule has 7 nitrogen and oxygen atoms in total. The summed E-state index contributed by atoms with van der Waals surface area (Å²) in [4.78, 5) is 37.2. The van der Waals surface area contributed by atoms with E-state index in [4.69, 9.17) is 9.15 Å². The number of para-hydroxylation sites is 1. The lowest BCUT2D eigenvalue weighted by atomic mass is 10.00. The molecule has 5 aromatic rings. The summed E-state index contributed by atoms with van der Waals surface area (Å²) < 4.78 is 10.7. The highest BCUT2D eigenvalue weighted by Gasteiger charge is 2.17.